The molecule has 5 nitrogen and oxygen atoms in total. The fraction of sp³-hybridized carbons (Fsp3) is 0.571. The second-order valence-electron chi connectivity index (χ2n) is 5.07. The highest BCUT2D eigenvalue weighted by atomic mass is 32.2. The molecule has 1 heterocycles. The first-order valence-corrected chi connectivity index (χ1v) is 8.41. The van der Waals surface area contributed by atoms with Gasteiger partial charge in [0.2, 0.25) is 10.0 Å². The summed E-state index contributed by atoms with van der Waals surface area (Å²) in [6.07, 6.45) is 2.02. The van der Waals surface area contributed by atoms with E-state index in [2.05, 4.69) is 10.0 Å². The van der Waals surface area contributed by atoms with Crippen LogP contribution in [0, 0.1) is 5.92 Å². The monoisotopic (exact) mass is 298 g/mol. The third-order valence-electron chi connectivity index (χ3n) is 3.45. The van der Waals surface area contributed by atoms with E-state index >= 15 is 0 Å². The van der Waals surface area contributed by atoms with Gasteiger partial charge in [0, 0.05) is 19.7 Å². The maximum atomic E-state index is 12.4. The molecule has 0 aliphatic carbocycles. The van der Waals surface area contributed by atoms with Crippen molar-refractivity contribution in [3.63, 3.8) is 0 Å². The summed E-state index contributed by atoms with van der Waals surface area (Å²) in [7, 11) is -1.66. The van der Waals surface area contributed by atoms with Crippen molar-refractivity contribution in [2.24, 2.45) is 5.92 Å². The quantitative estimate of drug-likeness (QED) is 0.825. The smallest absolute Gasteiger partial charge is 0.240 e. The molecule has 1 fully saturated rings. The molecule has 2 N–H and O–H groups in total. The second kappa shape index (κ2) is 7.17. The van der Waals surface area contributed by atoms with Crippen LogP contribution < -0.4 is 10.0 Å². The molecule has 1 aromatic carbocycles. The highest BCUT2D eigenvalue weighted by Crippen LogP contribution is 2.17. The predicted molar refractivity (Wildman–Crippen MR) is 77.9 cm³/mol. The van der Waals surface area contributed by atoms with Crippen molar-refractivity contribution in [1.82, 2.24) is 10.0 Å². The molecular formula is C14H22N2O3S. The van der Waals surface area contributed by atoms with Gasteiger partial charge in [-0.25, -0.2) is 13.1 Å². The average Bonchev–Trinajstić information content (AvgIpc) is 2.47. The van der Waals surface area contributed by atoms with Crippen molar-refractivity contribution in [2.75, 3.05) is 26.8 Å². The van der Waals surface area contributed by atoms with Gasteiger partial charge in [-0.15, -0.1) is 0 Å². The van der Waals surface area contributed by atoms with E-state index in [1.54, 1.807) is 19.2 Å². The molecule has 2 rings (SSSR count). The van der Waals surface area contributed by atoms with Gasteiger partial charge < -0.3 is 10.1 Å². The molecular weight excluding hydrogens is 276 g/mol. The highest BCUT2D eigenvalue weighted by molar-refractivity contribution is 7.89. The van der Waals surface area contributed by atoms with Crippen molar-refractivity contribution in [3.05, 3.63) is 29.8 Å². The molecule has 1 aliphatic heterocycles. The summed E-state index contributed by atoms with van der Waals surface area (Å²) < 4.78 is 32.9. The molecule has 0 amide bonds. The van der Waals surface area contributed by atoms with Crippen LogP contribution in [0.2, 0.25) is 0 Å². The Hall–Kier alpha value is -0.950. The summed E-state index contributed by atoms with van der Waals surface area (Å²) in [5.74, 6) is 0.273. The Morgan fingerprint density at radius 2 is 2.15 bits per heavy atom. The van der Waals surface area contributed by atoms with E-state index in [9.17, 15) is 8.42 Å². The number of ether oxygens (including phenoxy) is 1. The van der Waals surface area contributed by atoms with Crippen LogP contribution in [0.3, 0.4) is 0 Å². The van der Waals surface area contributed by atoms with Gasteiger partial charge in [-0.05, 0) is 37.4 Å². The van der Waals surface area contributed by atoms with Gasteiger partial charge in [0.1, 0.15) is 0 Å². The molecule has 0 spiro atoms. The van der Waals surface area contributed by atoms with Gasteiger partial charge in [-0.3, -0.25) is 0 Å². The van der Waals surface area contributed by atoms with Crippen LogP contribution in [-0.4, -0.2) is 35.2 Å². The molecule has 112 valence electrons. The summed E-state index contributed by atoms with van der Waals surface area (Å²) in [5, 5.41) is 2.99. The average molecular weight is 298 g/mol. The van der Waals surface area contributed by atoms with Crippen molar-refractivity contribution in [3.8, 4) is 0 Å². The number of sulfonamides is 1. The Kier molecular flexibility index (Phi) is 5.54. The molecule has 1 aliphatic rings. The van der Waals surface area contributed by atoms with Gasteiger partial charge >= 0.3 is 0 Å². The SMILES string of the molecule is CNCc1ccccc1S(=O)(=O)NCC1CCCOC1. The summed E-state index contributed by atoms with van der Waals surface area (Å²) in [6.45, 7) is 2.40. The zero-order chi connectivity index (χ0) is 14.4. The number of nitrogens with one attached hydrogen (secondary N) is 2. The minimum Gasteiger partial charge on any atom is -0.381 e. The Bertz CT molecular complexity index is 525. The van der Waals surface area contributed by atoms with Gasteiger partial charge in [0.25, 0.3) is 0 Å². The van der Waals surface area contributed by atoms with Crippen LogP contribution >= 0.6 is 0 Å². The van der Waals surface area contributed by atoms with E-state index in [1.165, 1.54) is 0 Å². The lowest BCUT2D eigenvalue weighted by Crippen LogP contribution is -2.33. The summed E-state index contributed by atoms with van der Waals surface area (Å²) >= 11 is 0. The minimum absolute atomic E-state index is 0.273. The van der Waals surface area contributed by atoms with E-state index in [0.717, 1.165) is 25.0 Å². The molecule has 1 unspecified atom stereocenters. The van der Waals surface area contributed by atoms with E-state index in [1.807, 2.05) is 12.1 Å². The van der Waals surface area contributed by atoms with Gasteiger partial charge in [0.15, 0.2) is 0 Å². The van der Waals surface area contributed by atoms with Crippen LogP contribution in [0.5, 0.6) is 0 Å². The van der Waals surface area contributed by atoms with Crippen molar-refractivity contribution < 1.29 is 13.2 Å². The Morgan fingerprint density at radius 1 is 1.35 bits per heavy atom. The van der Waals surface area contributed by atoms with Gasteiger partial charge in [-0.1, -0.05) is 18.2 Å². The molecule has 0 saturated carbocycles. The molecule has 0 bridgehead atoms. The lowest BCUT2D eigenvalue weighted by molar-refractivity contribution is 0.0568. The molecule has 6 heteroatoms. The van der Waals surface area contributed by atoms with Crippen molar-refractivity contribution in [2.45, 2.75) is 24.3 Å². The predicted octanol–water partition coefficient (Wildman–Crippen LogP) is 1.11. The van der Waals surface area contributed by atoms with Gasteiger partial charge in [-0.2, -0.15) is 0 Å². The van der Waals surface area contributed by atoms with Gasteiger partial charge in [0.05, 0.1) is 11.5 Å². The number of benzene rings is 1. The third kappa shape index (κ3) is 4.02. The highest BCUT2D eigenvalue weighted by Gasteiger charge is 2.21. The lowest BCUT2D eigenvalue weighted by Gasteiger charge is -2.22. The zero-order valence-corrected chi connectivity index (χ0v) is 12.6. The van der Waals surface area contributed by atoms with E-state index in [-0.39, 0.29) is 5.92 Å². The zero-order valence-electron chi connectivity index (χ0n) is 11.8. The Labute approximate surface area is 120 Å². The minimum atomic E-state index is -3.46. The molecule has 1 atom stereocenters. The Morgan fingerprint density at radius 3 is 2.85 bits per heavy atom. The van der Waals surface area contributed by atoms with Crippen LogP contribution in [0.25, 0.3) is 0 Å². The van der Waals surface area contributed by atoms with Crippen LogP contribution in [0.1, 0.15) is 18.4 Å². The third-order valence-corrected chi connectivity index (χ3v) is 4.97. The Balaban J connectivity index is 2.05. The maximum absolute atomic E-state index is 12.4. The maximum Gasteiger partial charge on any atom is 0.240 e. The summed E-state index contributed by atoms with van der Waals surface area (Å²) in [5.41, 5.74) is 0.780. The van der Waals surface area contributed by atoms with Crippen LogP contribution in [0.4, 0.5) is 0 Å². The molecule has 0 radical (unpaired) electrons. The normalized spacial score (nSPS) is 19.9. The second-order valence-corrected chi connectivity index (χ2v) is 6.81. The topological polar surface area (TPSA) is 67.4 Å². The first-order valence-electron chi connectivity index (χ1n) is 6.93. The molecule has 1 saturated heterocycles. The van der Waals surface area contributed by atoms with Crippen molar-refractivity contribution >= 4 is 10.0 Å². The fourth-order valence-electron chi connectivity index (χ4n) is 2.38. The van der Waals surface area contributed by atoms with E-state index in [0.29, 0.717) is 24.6 Å². The van der Waals surface area contributed by atoms with Crippen LogP contribution in [-0.2, 0) is 21.3 Å². The van der Waals surface area contributed by atoms with E-state index in [4.69, 9.17) is 4.74 Å². The van der Waals surface area contributed by atoms with Crippen molar-refractivity contribution in [1.29, 1.82) is 0 Å². The van der Waals surface area contributed by atoms with Crippen LogP contribution in [0.15, 0.2) is 29.2 Å². The first kappa shape index (κ1) is 15.4. The number of hydrogen-bond donors (Lipinski definition) is 2. The number of rotatable bonds is 6. The molecule has 1 aromatic rings. The molecule has 20 heavy (non-hydrogen) atoms. The number of hydrogen-bond acceptors (Lipinski definition) is 4. The standard InChI is InChI=1S/C14H22N2O3S/c1-15-10-13-6-2-3-7-14(13)20(17,18)16-9-12-5-4-8-19-11-12/h2-3,6-7,12,15-16H,4-5,8-11H2,1H3. The summed E-state index contributed by atoms with van der Waals surface area (Å²) in [6, 6.07) is 7.07. The lowest BCUT2D eigenvalue weighted by atomic mass is 10.0. The summed E-state index contributed by atoms with van der Waals surface area (Å²) in [4.78, 5) is 0.353. The largest absolute Gasteiger partial charge is 0.381 e. The molecule has 0 aromatic heterocycles. The van der Waals surface area contributed by atoms with E-state index < -0.39 is 10.0 Å². The first-order chi connectivity index (χ1) is 9.63. The fourth-order valence-corrected chi connectivity index (χ4v) is 3.73.